The third kappa shape index (κ3) is 6.70. The predicted octanol–water partition coefficient (Wildman–Crippen LogP) is 2.35. The van der Waals surface area contributed by atoms with Gasteiger partial charge >= 0.3 is 0 Å². The molecule has 0 atom stereocenters. The number of halogens is 1. The zero-order valence-corrected chi connectivity index (χ0v) is 15.5. The average molecular weight is 393 g/mol. The molecule has 0 aliphatic heterocycles. The number of carbonyl (C=O) groups excluding carboxylic acids is 2. The maximum absolute atomic E-state index is 12.8. The summed E-state index contributed by atoms with van der Waals surface area (Å²) < 4.78 is 38.7. The largest absolute Gasteiger partial charge is 0.343 e. The maximum atomic E-state index is 12.8. The van der Waals surface area contributed by atoms with Gasteiger partial charge < -0.3 is 10.6 Å². The van der Waals surface area contributed by atoms with Crippen LogP contribution >= 0.6 is 0 Å². The van der Waals surface area contributed by atoms with Gasteiger partial charge in [0.1, 0.15) is 5.82 Å². The maximum Gasteiger partial charge on any atom is 0.251 e. The summed E-state index contributed by atoms with van der Waals surface area (Å²) in [7, 11) is -3.38. The van der Waals surface area contributed by atoms with Crippen molar-refractivity contribution < 1.29 is 22.4 Å². The summed E-state index contributed by atoms with van der Waals surface area (Å²) in [6, 6.07) is 11.1. The minimum absolute atomic E-state index is 0.0270. The molecule has 0 radical (unpaired) electrons. The molecular formula is C18H20FN3O4S. The molecule has 2 aromatic carbocycles. The van der Waals surface area contributed by atoms with Gasteiger partial charge in [-0.15, -0.1) is 0 Å². The van der Waals surface area contributed by atoms with Crippen molar-refractivity contribution in [3.05, 3.63) is 59.9 Å². The normalized spacial score (nSPS) is 10.9. The fraction of sp³-hybridized carbons (Fsp3) is 0.222. The molecule has 27 heavy (non-hydrogen) atoms. The number of rotatable bonds is 8. The molecule has 0 aliphatic rings. The van der Waals surface area contributed by atoms with E-state index in [-0.39, 0.29) is 17.9 Å². The van der Waals surface area contributed by atoms with Crippen LogP contribution in [0.1, 0.15) is 23.7 Å². The molecular weight excluding hydrogens is 373 g/mol. The fourth-order valence-electron chi connectivity index (χ4n) is 2.19. The number of benzene rings is 2. The Morgan fingerprint density at radius 3 is 2.15 bits per heavy atom. The van der Waals surface area contributed by atoms with Crippen LogP contribution in [-0.4, -0.2) is 32.5 Å². The molecule has 0 fully saturated rings. The molecule has 0 aromatic heterocycles. The molecule has 0 bridgehead atoms. The number of amides is 2. The van der Waals surface area contributed by atoms with Gasteiger partial charge in [0.15, 0.2) is 0 Å². The Bertz CT molecular complexity index is 897. The van der Waals surface area contributed by atoms with Crippen LogP contribution in [0, 0.1) is 5.82 Å². The first-order chi connectivity index (χ1) is 12.8. The monoisotopic (exact) mass is 393 g/mol. The van der Waals surface area contributed by atoms with E-state index in [2.05, 4.69) is 15.4 Å². The smallest absolute Gasteiger partial charge is 0.251 e. The second kappa shape index (κ2) is 9.13. The summed E-state index contributed by atoms with van der Waals surface area (Å²) in [6.07, 6.45) is 0.507. The van der Waals surface area contributed by atoms with Gasteiger partial charge in [0, 0.05) is 16.9 Å². The number of carbonyl (C=O) groups is 2. The zero-order chi connectivity index (χ0) is 19.9. The zero-order valence-electron chi connectivity index (χ0n) is 14.7. The number of anilines is 2. The van der Waals surface area contributed by atoms with Crippen molar-refractivity contribution in [2.75, 3.05) is 22.3 Å². The van der Waals surface area contributed by atoms with E-state index in [0.717, 1.165) is 12.1 Å². The molecule has 0 saturated carbocycles. The standard InChI is InChI=1S/C18H20FN3O4S/c1-2-11-27(25,26)22-16-9-7-15(8-10-16)21-17(23)12-20-18(24)13-3-5-14(19)6-4-13/h3-10,22H,2,11-12H2,1H3,(H,20,24)(H,21,23). The van der Waals surface area contributed by atoms with Gasteiger partial charge in [-0.05, 0) is 55.0 Å². The van der Waals surface area contributed by atoms with Crippen molar-refractivity contribution in [3.63, 3.8) is 0 Å². The van der Waals surface area contributed by atoms with Gasteiger partial charge in [0.05, 0.1) is 12.3 Å². The molecule has 3 N–H and O–H groups in total. The van der Waals surface area contributed by atoms with Gasteiger partial charge in [0.2, 0.25) is 15.9 Å². The minimum Gasteiger partial charge on any atom is -0.343 e. The summed E-state index contributed by atoms with van der Waals surface area (Å²) in [5.41, 5.74) is 1.09. The van der Waals surface area contributed by atoms with Gasteiger partial charge in [-0.3, -0.25) is 14.3 Å². The topological polar surface area (TPSA) is 104 Å². The third-order valence-electron chi connectivity index (χ3n) is 3.43. The van der Waals surface area contributed by atoms with Crippen molar-refractivity contribution in [1.29, 1.82) is 0 Å². The summed E-state index contributed by atoms with van der Waals surface area (Å²) in [4.78, 5) is 23.8. The van der Waals surface area contributed by atoms with E-state index in [4.69, 9.17) is 0 Å². The van der Waals surface area contributed by atoms with E-state index in [9.17, 15) is 22.4 Å². The highest BCUT2D eigenvalue weighted by molar-refractivity contribution is 7.92. The van der Waals surface area contributed by atoms with E-state index >= 15 is 0 Å². The summed E-state index contributed by atoms with van der Waals surface area (Å²) in [5.74, 6) is -1.38. The first-order valence-corrected chi connectivity index (χ1v) is 9.88. The molecule has 0 heterocycles. The number of sulfonamides is 1. The summed E-state index contributed by atoms with van der Waals surface area (Å²) >= 11 is 0. The highest BCUT2D eigenvalue weighted by Gasteiger charge is 2.10. The fourth-order valence-corrected chi connectivity index (χ4v) is 3.32. The SMILES string of the molecule is CCCS(=O)(=O)Nc1ccc(NC(=O)CNC(=O)c2ccc(F)cc2)cc1. The third-order valence-corrected chi connectivity index (χ3v) is 4.92. The van der Waals surface area contributed by atoms with Crippen molar-refractivity contribution >= 4 is 33.2 Å². The second-order valence-corrected chi connectivity index (χ2v) is 7.58. The van der Waals surface area contributed by atoms with Crippen molar-refractivity contribution in [1.82, 2.24) is 5.32 Å². The van der Waals surface area contributed by atoms with Crippen LogP contribution < -0.4 is 15.4 Å². The lowest BCUT2D eigenvalue weighted by Crippen LogP contribution is -2.32. The first kappa shape index (κ1) is 20.4. The number of hydrogen-bond donors (Lipinski definition) is 3. The van der Waals surface area contributed by atoms with Crippen LogP contribution in [0.3, 0.4) is 0 Å². The lowest BCUT2D eigenvalue weighted by Gasteiger charge is -2.09. The Morgan fingerprint density at radius 2 is 1.56 bits per heavy atom. The van der Waals surface area contributed by atoms with Crippen LogP contribution in [0.5, 0.6) is 0 Å². The summed E-state index contributed by atoms with van der Waals surface area (Å²) in [6.45, 7) is 1.51. The first-order valence-electron chi connectivity index (χ1n) is 8.23. The second-order valence-electron chi connectivity index (χ2n) is 5.74. The molecule has 9 heteroatoms. The van der Waals surface area contributed by atoms with Crippen molar-refractivity contribution in [3.8, 4) is 0 Å². The van der Waals surface area contributed by atoms with E-state index < -0.39 is 27.7 Å². The molecule has 0 saturated heterocycles. The van der Waals surface area contributed by atoms with Gasteiger partial charge in [-0.2, -0.15) is 0 Å². The van der Waals surface area contributed by atoms with Crippen molar-refractivity contribution in [2.45, 2.75) is 13.3 Å². The van der Waals surface area contributed by atoms with Crippen molar-refractivity contribution in [2.24, 2.45) is 0 Å². The molecule has 7 nitrogen and oxygen atoms in total. The molecule has 144 valence electrons. The van der Waals surface area contributed by atoms with Crippen LogP contribution in [-0.2, 0) is 14.8 Å². The highest BCUT2D eigenvalue weighted by atomic mass is 32.2. The lowest BCUT2D eigenvalue weighted by atomic mass is 10.2. The highest BCUT2D eigenvalue weighted by Crippen LogP contribution is 2.15. The summed E-state index contributed by atoms with van der Waals surface area (Å²) in [5, 5.41) is 5.01. The Kier molecular flexibility index (Phi) is 6.89. The predicted molar refractivity (Wildman–Crippen MR) is 102 cm³/mol. The van der Waals surface area contributed by atoms with Crippen LogP contribution in [0.4, 0.5) is 15.8 Å². The Morgan fingerprint density at radius 1 is 0.963 bits per heavy atom. The van der Waals surface area contributed by atoms with Crippen LogP contribution in [0.25, 0.3) is 0 Å². The molecule has 2 amide bonds. The van der Waals surface area contributed by atoms with E-state index in [1.54, 1.807) is 19.1 Å². The van der Waals surface area contributed by atoms with Crippen LogP contribution in [0.2, 0.25) is 0 Å². The molecule has 0 aliphatic carbocycles. The van der Waals surface area contributed by atoms with Gasteiger partial charge in [-0.25, -0.2) is 12.8 Å². The van der Waals surface area contributed by atoms with Crippen LogP contribution in [0.15, 0.2) is 48.5 Å². The van der Waals surface area contributed by atoms with Gasteiger partial charge in [0.25, 0.3) is 5.91 Å². The number of nitrogens with one attached hydrogen (secondary N) is 3. The average Bonchev–Trinajstić information content (AvgIpc) is 2.61. The van der Waals surface area contributed by atoms with E-state index in [1.165, 1.54) is 24.3 Å². The molecule has 0 spiro atoms. The Labute approximate surface area is 157 Å². The Hall–Kier alpha value is -2.94. The molecule has 2 aromatic rings. The number of hydrogen-bond acceptors (Lipinski definition) is 4. The minimum atomic E-state index is -3.38. The van der Waals surface area contributed by atoms with E-state index in [0.29, 0.717) is 17.8 Å². The quantitative estimate of drug-likeness (QED) is 0.640. The lowest BCUT2D eigenvalue weighted by molar-refractivity contribution is -0.115. The molecule has 0 unspecified atom stereocenters. The molecule has 2 rings (SSSR count). The Balaban J connectivity index is 1.85. The van der Waals surface area contributed by atoms with E-state index in [1.807, 2.05) is 0 Å². The van der Waals surface area contributed by atoms with Gasteiger partial charge in [-0.1, -0.05) is 6.92 Å².